The number of thiophene rings is 1. The second-order valence-electron chi connectivity index (χ2n) is 7.17. The van der Waals surface area contributed by atoms with E-state index in [9.17, 15) is 9.59 Å². The lowest BCUT2D eigenvalue weighted by molar-refractivity contribution is -0.117. The largest absolute Gasteiger partial charge is 0.462 e. The summed E-state index contributed by atoms with van der Waals surface area (Å²) in [5, 5.41) is 3.32. The summed E-state index contributed by atoms with van der Waals surface area (Å²) in [5.74, 6) is -0.644. The van der Waals surface area contributed by atoms with Gasteiger partial charge >= 0.3 is 5.97 Å². The van der Waals surface area contributed by atoms with Gasteiger partial charge in [0.05, 0.1) is 13.2 Å². The molecule has 0 spiro atoms. The molecule has 3 rings (SSSR count). The first-order valence-electron chi connectivity index (χ1n) is 9.66. The van der Waals surface area contributed by atoms with Crippen molar-refractivity contribution >= 4 is 39.8 Å². The number of piperazine rings is 1. The Balaban J connectivity index is 1.85. The van der Waals surface area contributed by atoms with Gasteiger partial charge in [-0.25, -0.2) is 4.79 Å². The van der Waals surface area contributed by atoms with Crippen LogP contribution in [0.25, 0.3) is 11.1 Å². The molecule has 6 nitrogen and oxygen atoms in total. The Bertz CT molecular complexity index is 874. The molecule has 2 heterocycles. The molecule has 2 aromatic rings. The van der Waals surface area contributed by atoms with Gasteiger partial charge in [-0.2, -0.15) is 0 Å². The summed E-state index contributed by atoms with van der Waals surface area (Å²) < 4.78 is 5.70. The number of benzene rings is 1. The molecule has 8 heteroatoms. The summed E-state index contributed by atoms with van der Waals surface area (Å²) in [6.07, 6.45) is 0. The number of carbonyl (C=O) groups excluding carboxylic acids is 2. The lowest BCUT2D eigenvalue weighted by Gasteiger charge is -2.31. The lowest BCUT2D eigenvalue weighted by atomic mass is 10.0. The average Bonchev–Trinajstić information content (AvgIpc) is 3.00. The summed E-state index contributed by atoms with van der Waals surface area (Å²) in [7, 11) is 2.07. The molecule has 0 aliphatic carbocycles. The normalized spacial score (nSPS) is 15.3. The first-order valence-corrected chi connectivity index (χ1v) is 10.9. The third kappa shape index (κ3) is 5.36. The quantitative estimate of drug-likeness (QED) is 0.700. The minimum Gasteiger partial charge on any atom is -0.462 e. The van der Waals surface area contributed by atoms with Gasteiger partial charge in [0.1, 0.15) is 14.9 Å². The molecule has 1 fully saturated rings. The predicted molar refractivity (Wildman–Crippen MR) is 118 cm³/mol. The van der Waals surface area contributed by atoms with Gasteiger partial charge in [0.2, 0.25) is 5.91 Å². The number of amides is 1. The highest BCUT2D eigenvalue weighted by Crippen LogP contribution is 2.44. The Morgan fingerprint density at radius 2 is 1.83 bits per heavy atom. The second kappa shape index (κ2) is 9.71. The minimum absolute atomic E-state index is 0.159. The van der Waals surface area contributed by atoms with Gasteiger partial charge in [0, 0.05) is 31.7 Å². The molecule has 1 aromatic heterocycles. The maximum Gasteiger partial charge on any atom is 0.341 e. The highest BCUT2D eigenvalue weighted by molar-refractivity contribution is 7.21. The smallest absolute Gasteiger partial charge is 0.341 e. The molecule has 1 aliphatic heterocycles. The molecular weight excluding hydrogens is 410 g/mol. The molecular formula is C21H26ClN3O3S. The molecule has 0 unspecified atom stereocenters. The van der Waals surface area contributed by atoms with Crippen LogP contribution in [-0.2, 0) is 9.53 Å². The number of nitrogens with zero attached hydrogens (tertiary/aromatic N) is 2. The summed E-state index contributed by atoms with van der Waals surface area (Å²) in [6, 6.07) is 7.76. The van der Waals surface area contributed by atoms with E-state index < -0.39 is 5.97 Å². The van der Waals surface area contributed by atoms with E-state index in [1.54, 1.807) is 6.92 Å². The van der Waals surface area contributed by atoms with E-state index in [4.69, 9.17) is 16.3 Å². The highest BCUT2D eigenvalue weighted by Gasteiger charge is 2.27. The fraction of sp³-hybridized carbons (Fsp3) is 0.429. The van der Waals surface area contributed by atoms with Crippen molar-refractivity contribution in [3.63, 3.8) is 0 Å². The zero-order chi connectivity index (χ0) is 21.0. The zero-order valence-corrected chi connectivity index (χ0v) is 18.5. The van der Waals surface area contributed by atoms with Crippen LogP contribution in [0.5, 0.6) is 0 Å². The van der Waals surface area contributed by atoms with E-state index in [0.717, 1.165) is 37.3 Å². The molecule has 29 heavy (non-hydrogen) atoms. The van der Waals surface area contributed by atoms with Crippen molar-refractivity contribution in [1.29, 1.82) is 0 Å². The van der Waals surface area contributed by atoms with Gasteiger partial charge in [-0.3, -0.25) is 9.69 Å². The number of halogens is 1. The number of ether oxygens (including phenoxy) is 1. The van der Waals surface area contributed by atoms with Crippen molar-refractivity contribution < 1.29 is 14.3 Å². The van der Waals surface area contributed by atoms with Gasteiger partial charge in [0.15, 0.2) is 0 Å². The highest BCUT2D eigenvalue weighted by atomic mass is 35.5. The molecule has 1 amide bonds. The monoisotopic (exact) mass is 435 g/mol. The first-order chi connectivity index (χ1) is 13.9. The Morgan fingerprint density at radius 3 is 2.45 bits per heavy atom. The van der Waals surface area contributed by atoms with Crippen molar-refractivity contribution in [2.75, 3.05) is 51.7 Å². The number of hydrogen-bond donors (Lipinski definition) is 1. The molecule has 1 aromatic carbocycles. The number of carbonyl (C=O) groups is 2. The van der Waals surface area contributed by atoms with Crippen LogP contribution in [0.1, 0.15) is 22.8 Å². The second-order valence-corrected chi connectivity index (χ2v) is 8.79. The van der Waals surface area contributed by atoms with E-state index >= 15 is 0 Å². The van der Waals surface area contributed by atoms with Gasteiger partial charge < -0.3 is 15.0 Å². The summed E-state index contributed by atoms with van der Waals surface area (Å²) >= 11 is 7.69. The SMILES string of the molecule is CCOC(=O)c1c(NC(=O)CN2CCN(C)CC2)sc(Cl)c1-c1ccc(C)cc1. The summed E-state index contributed by atoms with van der Waals surface area (Å²) in [5.41, 5.74) is 2.85. The Labute approximate surface area is 180 Å². The van der Waals surface area contributed by atoms with E-state index in [-0.39, 0.29) is 19.1 Å². The van der Waals surface area contributed by atoms with Crippen LogP contribution in [0.4, 0.5) is 5.00 Å². The Morgan fingerprint density at radius 1 is 1.17 bits per heavy atom. The van der Waals surface area contributed by atoms with Crippen LogP contribution >= 0.6 is 22.9 Å². The molecule has 0 bridgehead atoms. The van der Waals surface area contributed by atoms with Gasteiger partial charge in [0.25, 0.3) is 0 Å². The van der Waals surface area contributed by atoms with E-state index in [2.05, 4.69) is 22.2 Å². The van der Waals surface area contributed by atoms with Crippen LogP contribution in [0.3, 0.4) is 0 Å². The molecule has 0 atom stereocenters. The lowest BCUT2D eigenvalue weighted by Crippen LogP contribution is -2.47. The number of esters is 1. The number of rotatable bonds is 6. The average molecular weight is 436 g/mol. The fourth-order valence-electron chi connectivity index (χ4n) is 3.24. The predicted octanol–water partition coefficient (Wildman–Crippen LogP) is 3.74. The van der Waals surface area contributed by atoms with Gasteiger partial charge in [-0.15, -0.1) is 11.3 Å². The van der Waals surface area contributed by atoms with Gasteiger partial charge in [-0.05, 0) is 26.5 Å². The zero-order valence-electron chi connectivity index (χ0n) is 17.0. The third-order valence-corrected chi connectivity index (χ3v) is 6.22. The van der Waals surface area contributed by atoms with E-state index in [1.807, 2.05) is 31.2 Å². The van der Waals surface area contributed by atoms with E-state index in [1.165, 1.54) is 11.3 Å². The molecule has 1 saturated heterocycles. The maximum atomic E-state index is 12.7. The van der Waals surface area contributed by atoms with Crippen LogP contribution in [0.2, 0.25) is 4.34 Å². The Hall–Kier alpha value is -1.93. The number of anilines is 1. The van der Waals surface area contributed by atoms with E-state index in [0.29, 0.717) is 20.5 Å². The first kappa shape index (κ1) is 21.8. The van der Waals surface area contributed by atoms with Crippen LogP contribution < -0.4 is 5.32 Å². The van der Waals surface area contributed by atoms with Crippen LogP contribution in [-0.4, -0.2) is 68.1 Å². The molecule has 1 aliphatic rings. The van der Waals surface area contributed by atoms with Crippen molar-refractivity contribution in [2.45, 2.75) is 13.8 Å². The third-order valence-electron chi connectivity index (χ3n) is 4.90. The van der Waals surface area contributed by atoms with Crippen LogP contribution in [0, 0.1) is 6.92 Å². The van der Waals surface area contributed by atoms with Crippen molar-refractivity contribution in [1.82, 2.24) is 9.80 Å². The van der Waals surface area contributed by atoms with Crippen molar-refractivity contribution in [3.05, 3.63) is 39.7 Å². The van der Waals surface area contributed by atoms with Crippen molar-refractivity contribution in [2.24, 2.45) is 0 Å². The maximum absolute atomic E-state index is 12.7. The van der Waals surface area contributed by atoms with Crippen molar-refractivity contribution in [3.8, 4) is 11.1 Å². The summed E-state index contributed by atoms with van der Waals surface area (Å²) in [4.78, 5) is 29.7. The fourth-order valence-corrected chi connectivity index (χ4v) is 4.63. The standard InChI is InChI=1S/C21H26ClN3O3S/c1-4-28-21(27)18-17(15-7-5-14(2)6-8-15)19(22)29-20(18)23-16(26)13-25-11-9-24(3)10-12-25/h5-8H,4,9-13H2,1-3H3,(H,23,26). The minimum atomic E-state index is -0.485. The summed E-state index contributed by atoms with van der Waals surface area (Å²) in [6.45, 7) is 7.83. The number of aryl methyl sites for hydroxylation is 1. The molecule has 1 N–H and O–H groups in total. The Kier molecular flexibility index (Phi) is 7.29. The molecule has 156 valence electrons. The van der Waals surface area contributed by atoms with Crippen LogP contribution in [0.15, 0.2) is 24.3 Å². The number of nitrogens with one attached hydrogen (secondary N) is 1. The molecule has 0 saturated carbocycles. The molecule has 0 radical (unpaired) electrons. The number of hydrogen-bond acceptors (Lipinski definition) is 6. The van der Waals surface area contributed by atoms with Gasteiger partial charge in [-0.1, -0.05) is 41.4 Å². The topological polar surface area (TPSA) is 61.9 Å². The number of likely N-dealkylation sites (N-methyl/N-ethyl adjacent to an activating group) is 1.